The molecule has 716 valence electrons. The van der Waals surface area contributed by atoms with Crippen molar-refractivity contribution in [1.29, 1.82) is 0 Å². The van der Waals surface area contributed by atoms with Crippen LogP contribution in [0.4, 0.5) is 56.6 Å². The van der Waals surface area contributed by atoms with E-state index in [9.17, 15) is 76.3 Å². The van der Waals surface area contributed by atoms with Crippen LogP contribution in [0.2, 0.25) is 0 Å². The highest BCUT2D eigenvalue weighted by Gasteiger charge is 2.32. The highest BCUT2D eigenvalue weighted by molar-refractivity contribution is 9.10. The van der Waals surface area contributed by atoms with Crippen molar-refractivity contribution in [1.82, 2.24) is 25.6 Å². The number of anilines is 3. The quantitative estimate of drug-likeness (QED) is 0.0104. The van der Waals surface area contributed by atoms with Crippen LogP contribution in [0, 0.1) is 52.7 Å². The first-order valence-electron chi connectivity index (χ1n) is 40.0. The third-order valence-electron chi connectivity index (χ3n) is 20.6. The van der Waals surface area contributed by atoms with Gasteiger partial charge in [-0.05, 0) is 198 Å². The number of hydrogen-bond donors (Lipinski definition) is 7. The molecular weight excluding hydrogens is 1960 g/mol. The zero-order valence-corrected chi connectivity index (χ0v) is 76.9. The molecule has 2 radical (unpaired) electrons. The molecule has 0 unspecified atom stereocenters. The molecule has 0 spiro atoms. The number of carbonyl (C=O) groups excluding carboxylic acids is 3. The zero-order chi connectivity index (χ0) is 98.9. The molecule has 0 fully saturated rings. The van der Waals surface area contributed by atoms with Gasteiger partial charge in [0.05, 0.1) is 72.9 Å². The fraction of sp³-hybridized carbons (Fsp3) is 0.0928. The molecule has 139 heavy (non-hydrogen) atoms. The fourth-order valence-corrected chi connectivity index (χ4v) is 17.7. The number of nitrogens with zero attached hydrogens (tertiary/aromatic N) is 3. The van der Waals surface area contributed by atoms with Crippen LogP contribution < -0.4 is 49.2 Å². The second-order valence-electron chi connectivity index (χ2n) is 29.2. The predicted octanol–water partition coefficient (Wildman–Crippen LogP) is 16.1. The third kappa shape index (κ3) is 25.5. The standard InChI is InChI=1S/C39H30F3N3O7S.C32H23BrF3N3O5S.C18H11F3N2O4S.C8H9BO2.2H2O/c1-51-33-8-5-9-34(52-2)36(33)29-15-12-24(27-6-3-4-7-28(27)29)18-32(39(47)48)44-38(46)37-30(40)20-25(21-31(37)41)45-53(49,50)26-13-10-22(11-14-26)23-16-17-43-35(42)19-23;1-44-32(41)28(14-20-8-11-25(33)24-5-3-2-4-23(20)24)38-31(40)30-26(34)16-21(17-27(30)35)39-45(42,43)22-9-6-18(7-10-22)19-12-13-37-29(36)15-19;19-14-8-12(9-15(20)17(14)18(24)25)23-28(26,27)13-3-1-10(2-4-13)11-5-6-22-16(21)7-11;1-10-6-4-3-5-7(11-2)8(6)9;;/h3-17,19-21,32,45H,18H2,1-2H3,(H,44,46)(H,47,48);2-13,15-17,28,39H,14H2,1H3,(H,38,40);1-9,23H,(H,24,25);3-5H,1-2H3;2*1H2/t32-;28-;;;;/m00..../s1. The smallest absolute Gasteiger partial charge is 0.341 e. The van der Waals surface area contributed by atoms with Crippen LogP contribution >= 0.6 is 15.9 Å². The molecule has 2 atom stereocenters. The van der Waals surface area contributed by atoms with Crippen LogP contribution in [-0.2, 0) is 57.2 Å². The number of aromatic nitrogens is 3. The SMILES string of the molecule is COC(=O)[C@H](Cc1ccc(Br)c2ccccc12)NC(=O)c1c(F)cc(NS(=O)(=O)c2ccc(-c3ccnc(F)c3)cc2)cc1F.COc1cccc(OC)c1-c1ccc(C[C@H](NC(=O)c2c(F)cc(NS(=O)(=O)c3ccc(-c4ccnc(F)c4)cc3)cc2F)C(=O)O)c2ccccc12.O.O.O=C(O)c1c(F)cc(NS(=O)(=O)c2ccc(-c3ccnc(F)c3)cc2)cc1F.[B]c1c(OC)cccc1OC. The minimum Gasteiger partial charge on any atom is -0.497 e. The van der Waals surface area contributed by atoms with Gasteiger partial charge < -0.3 is 55.5 Å². The lowest BCUT2D eigenvalue weighted by Crippen LogP contribution is -2.43. The largest absolute Gasteiger partial charge is 0.497 e. The molecule has 3 aromatic heterocycles. The summed E-state index contributed by atoms with van der Waals surface area (Å²) in [4.78, 5) is 71.6. The summed E-state index contributed by atoms with van der Waals surface area (Å²) in [5.74, 6) is -14.8. The molecule has 2 amide bonds. The van der Waals surface area contributed by atoms with Gasteiger partial charge in [-0.25, -0.2) is 80.9 Å². The number of esters is 1. The number of benzene rings is 12. The van der Waals surface area contributed by atoms with E-state index in [0.29, 0.717) is 120 Å². The Morgan fingerprint density at radius 1 is 0.374 bits per heavy atom. The van der Waals surface area contributed by atoms with Crippen molar-refractivity contribution in [3.8, 4) is 67.5 Å². The number of methoxy groups -OCH3 is 5. The number of aliphatic carboxylic acids is 1. The Morgan fingerprint density at radius 3 is 1.03 bits per heavy atom. The van der Waals surface area contributed by atoms with E-state index < -0.39 is 158 Å². The van der Waals surface area contributed by atoms with Crippen LogP contribution in [0.5, 0.6) is 23.0 Å². The normalized spacial score (nSPS) is 11.4. The van der Waals surface area contributed by atoms with Crippen LogP contribution in [0.3, 0.4) is 0 Å². The first-order chi connectivity index (χ1) is 65.3. The fourth-order valence-electron chi connectivity index (χ4n) is 14.1. The van der Waals surface area contributed by atoms with Crippen LogP contribution in [0.1, 0.15) is 42.2 Å². The number of halogens is 10. The van der Waals surface area contributed by atoms with Crippen LogP contribution in [0.15, 0.2) is 293 Å². The lowest BCUT2D eigenvalue weighted by atomic mass is 9.91. The van der Waals surface area contributed by atoms with Gasteiger partial charge in [0.2, 0.25) is 17.8 Å². The number of pyridine rings is 3. The summed E-state index contributed by atoms with van der Waals surface area (Å²) in [5.41, 5.74) is 1.34. The molecule has 3 heterocycles. The molecule has 15 rings (SSSR count). The van der Waals surface area contributed by atoms with E-state index in [0.717, 1.165) is 33.3 Å². The molecule has 42 heteroatoms. The van der Waals surface area contributed by atoms with Gasteiger partial charge in [-0.3, -0.25) is 23.8 Å². The summed E-state index contributed by atoms with van der Waals surface area (Å²) in [5, 5.41) is 26.4. The second kappa shape index (κ2) is 46.2. The number of sulfonamides is 3. The first-order valence-corrected chi connectivity index (χ1v) is 45.3. The number of nitrogens with one attached hydrogen (secondary N) is 5. The highest BCUT2D eigenvalue weighted by atomic mass is 79.9. The van der Waals surface area contributed by atoms with E-state index in [4.69, 9.17) is 36.6 Å². The van der Waals surface area contributed by atoms with Gasteiger partial charge in [-0.2, -0.15) is 13.2 Å². The van der Waals surface area contributed by atoms with Crippen molar-refractivity contribution in [2.45, 2.75) is 39.6 Å². The molecule has 15 aromatic rings. The van der Waals surface area contributed by atoms with Gasteiger partial charge in [0.25, 0.3) is 41.9 Å². The first kappa shape index (κ1) is 105. The monoisotopic (exact) mass is 2030 g/mol. The summed E-state index contributed by atoms with van der Waals surface area (Å²) < 4.78 is 238. The number of hydrogen-bond acceptors (Lipinski definition) is 19. The van der Waals surface area contributed by atoms with E-state index in [-0.39, 0.29) is 38.5 Å². The number of fused-ring (bicyclic) bond motifs is 2. The minimum absolute atomic E-state index is 0. The number of aromatic carboxylic acids is 1. The Labute approximate surface area is 797 Å². The Kier molecular flexibility index (Phi) is 35.0. The van der Waals surface area contributed by atoms with Crippen molar-refractivity contribution in [2.24, 2.45) is 0 Å². The maximum Gasteiger partial charge on any atom is 0.341 e. The Morgan fingerprint density at radius 2 is 0.691 bits per heavy atom. The molecule has 0 bridgehead atoms. The zero-order valence-electron chi connectivity index (χ0n) is 72.9. The summed E-state index contributed by atoms with van der Waals surface area (Å²) in [6, 6.07) is 57.2. The molecule has 11 N–H and O–H groups in total. The van der Waals surface area contributed by atoms with E-state index in [1.165, 1.54) is 130 Å². The second-order valence-corrected chi connectivity index (χ2v) is 35.1. The number of carbonyl (C=O) groups is 5. The molecule has 0 saturated heterocycles. The average Bonchev–Trinajstić information content (AvgIpc) is 0.756. The summed E-state index contributed by atoms with van der Waals surface area (Å²) in [7, 11) is 0.109. The maximum absolute atomic E-state index is 15.3. The minimum atomic E-state index is -4.36. The van der Waals surface area contributed by atoms with Crippen molar-refractivity contribution in [3.63, 3.8) is 0 Å². The van der Waals surface area contributed by atoms with E-state index in [1.807, 2.05) is 47.2 Å². The van der Waals surface area contributed by atoms with Crippen molar-refractivity contribution in [2.75, 3.05) is 49.7 Å². The predicted molar refractivity (Wildman–Crippen MR) is 503 cm³/mol. The molecule has 0 aliphatic heterocycles. The van der Waals surface area contributed by atoms with E-state index >= 15 is 17.6 Å². The average molecular weight is 2030 g/mol. The molecule has 0 saturated carbocycles. The molecule has 12 aromatic carbocycles. The van der Waals surface area contributed by atoms with Crippen LogP contribution in [0.25, 0.3) is 66.1 Å². The van der Waals surface area contributed by atoms with E-state index in [2.05, 4.69) is 51.0 Å². The third-order valence-corrected chi connectivity index (χ3v) is 25.5. The Hall–Kier alpha value is -15.8. The molecule has 0 aliphatic rings. The molecule has 0 aliphatic carbocycles. The van der Waals surface area contributed by atoms with Gasteiger partial charge in [0.15, 0.2) is 0 Å². The van der Waals surface area contributed by atoms with Crippen molar-refractivity contribution < 1.29 is 134 Å². The summed E-state index contributed by atoms with van der Waals surface area (Å²) >= 11 is 3.48. The number of carboxylic acids is 2. The molecule has 28 nitrogen and oxygen atoms in total. The van der Waals surface area contributed by atoms with Crippen molar-refractivity contribution >= 4 is 128 Å². The van der Waals surface area contributed by atoms with Gasteiger partial charge in [-0.1, -0.05) is 131 Å². The van der Waals surface area contributed by atoms with Crippen molar-refractivity contribution in [3.05, 3.63) is 358 Å². The van der Waals surface area contributed by atoms with Gasteiger partial charge in [0.1, 0.15) is 94.5 Å². The van der Waals surface area contributed by atoms with Gasteiger partial charge in [-0.15, -0.1) is 0 Å². The molecular formula is C97H77BBrF9N8O20S3. The number of carboxylic acid groups (broad SMARTS) is 2. The lowest BCUT2D eigenvalue weighted by molar-refractivity contribution is -0.143. The summed E-state index contributed by atoms with van der Waals surface area (Å²) in [6.45, 7) is 0. The Bertz CT molecular complexity index is 7400. The van der Waals surface area contributed by atoms with Crippen LogP contribution in [-0.4, -0.2) is 147 Å². The number of amides is 2. The Balaban J connectivity index is 0.000000209. The number of ether oxygens (including phenoxy) is 5. The van der Waals surface area contributed by atoms with Gasteiger partial charge >= 0.3 is 17.9 Å². The van der Waals surface area contributed by atoms with Gasteiger partial charge in [0, 0.05) is 54.1 Å². The number of rotatable bonds is 28. The highest BCUT2D eigenvalue weighted by Crippen LogP contribution is 2.43. The lowest BCUT2D eigenvalue weighted by Gasteiger charge is -2.19. The van der Waals surface area contributed by atoms with E-state index in [1.54, 1.807) is 93.1 Å². The maximum atomic E-state index is 15.3. The topological polar surface area (TPSA) is 436 Å². The summed E-state index contributed by atoms with van der Waals surface area (Å²) in [6.07, 6.45) is 3.50.